The van der Waals surface area contributed by atoms with Gasteiger partial charge in [-0.3, -0.25) is 0 Å². The van der Waals surface area contributed by atoms with E-state index >= 15 is 0 Å². The number of nitrogens with zero attached hydrogens (tertiary/aromatic N) is 2. The second kappa shape index (κ2) is 6.83. The molecule has 0 saturated carbocycles. The standard InChI is InChI=1S/C17H20N2/c1-3-4-8-15-12-11-14(2)13-17(15)19-18-16-9-6-5-7-10-16/h5-7,9-13H,3-4,8H2,1-2H3. The zero-order chi connectivity index (χ0) is 13.5. The molecule has 0 fully saturated rings. The fourth-order valence-electron chi connectivity index (χ4n) is 1.95. The molecule has 2 aromatic rings. The highest BCUT2D eigenvalue weighted by Gasteiger charge is 2.01. The van der Waals surface area contributed by atoms with Gasteiger partial charge in [0.05, 0.1) is 11.4 Å². The molecule has 98 valence electrons. The molecule has 0 heterocycles. The van der Waals surface area contributed by atoms with Crippen molar-refractivity contribution >= 4 is 11.4 Å². The SMILES string of the molecule is CCCCc1ccc(C)cc1N=Nc1ccccc1. The Morgan fingerprint density at radius 3 is 2.47 bits per heavy atom. The predicted octanol–water partition coefficient (Wildman–Crippen LogP) is 5.75. The van der Waals surface area contributed by atoms with E-state index in [1.54, 1.807) is 0 Å². The second-order valence-corrected chi connectivity index (χ2v) is 4.77. The normalized spacial score (nSPS) is 11.1. The van der Waals surface area contributed by atoms with Crippen molar-refractivity contribution in [1.82, 2.24) is 0 Å². The summed E-state index contributed by atoms with van der Waals surface area (Å²) < 4.78 is 0. The van der Waals surface area contributed by atoms with Crippen molar-refractivity contribution in [2.24, 2.45) is 10.2 Å². The number of azo groups is 1. The molecule has 2 heteroatoms. The Labute approximate surface area is 115 Å². The zero-order valence-corrected chi connectivity index (χ0v) is 11.6. The third kappa shape index (κ3) is 4.02. The number of unbranched alkanes of at least 4 members (excludes halogenated alkanes) is 1. The maximum atomic E-state index is 4.42. The summed E-state index contributed by atoms with van der Waals surface area (Å²) in [5, 5.41) is 8.73. The van der Waals surface area contributed by atoms with Gasteiger partial charge in [-0.25, -0.2) is 0 Å². The monoisotopic (exact) mass is 252 g/mol. The molecule has 0 aliphatic heterocycles. The van der Waals surface area contributed by atoms with Crippen LogP contribution in [-0.2, 0) is 6.42 Å². The van der Waals surface area contributed by atoms with Crippen LogP contribution < -0.4 is 0 Å². The number of hydrogen-bond donors (Lipinski definition) is 0. The third-order valence-corrected chi connectivity index (χ3v) is 3.07. The van der Waals surface area contributed by atoms with Crippen LogP contribution in [0.4, 0.5) is 11.4 Å². The first-order chi connectivity index (χ1) is 9.29. The minimum atomic E-state index is 0.894. The van der Waals surface area contributed by atoms with Gasteiger partial charge in [-0.1, -0.05) is 43.7 Å². The van der Waals surface area contributed by atoms with Gasteiger partial charge < -0.3 is 0 Å². The molecule has 2 rings (SSSR count). The average molecular weight is 252 g/mol. The van der Waals surface area contributed by atoms with E-state index in [0.29, 0.717) is 0 Å². The van der Waals surface area contributed by atoms with Crippen LogP contribution >= 0.6 is 0 Å². The van der Waals surface area contributed by atoms with E-state index in [2.05, 4.69) is 42.3 Å². The molecule has 0 aliphatic rings. The highest BCUT2D eigenvalue weighted by molar-refractivity contribution is 5.48. The lowest BCUT2D eigenvalue weighted by Gasteiger charge is -2.05. The predicted molar refractivity (Wildman–Crippen MR) is 80.4 cm³/mol. The first kappa shape index (κ1) is 13.5. The van der Waals surface area contributed by atoms with E-state index in [9.17, 15) is 0 Å². The fourth-order valence-corrected chi connectivity index (χ4v) is 1.95. The van der Waals surface area contributed by atoms with Crippen LogP contribution in [0.5, 0.6) is 0 Å². The Morgan fingerprint density at radius 1 is 0.947 bits per heavy atom. The van der Waals surface area contributed by atoms with Gasteiger partial charge in [0.25, 0.3) is 0 Å². The van der Waals surface area contributed by atoms with Crippen LogP contribution in [0, 0.1) is 6.92 Å². The summed E-state index contributed by atoms with van der Waals surface area (Å²) in [5.74, 6) is 0. The van der Waals surface area contributed by atoms with Gasteiger partial charge in [-0.05, 0) is 49.1 Å². The van der Waals surface area contributed by atoms with Crippen molar-refractivity contribution in [3.8, 4) is 0 Å². The minimum Gasteiger partial charge on any atom is -0.151 e. The average Bonchev–Trinajstić information content (AvgIpc) is 2.45. The molecule has 0 aromatic heterocycles. The second-order valence-electron chi connectivity index (χ2n) is 4.77. The maximum absolute atomic E-state index is 4.42. The van der Waals surface area contributed by atoms with Crippen molar-refractivity contribution in [2.75, 3.05) is 0 Å². The van der Waals surface area contributed by atoms with E-state index in [-0.39, 0.29) is 0 Å². The first-order valence-corrected chi connectivity index (χ1v) is 6.86. The summed E-state index contributed by atoms with van der Waals surface area (Å²) in [4.78, 5) is 0. The topological polar surface area (TPSA) is 24.7 Å². The molecule has 0 bridgehead atoms. The molecular formula is C17H20N2. The van der Waals surface area contributed by atoms with E-state index in [1.165, 1.54) is 24.0 Å². The van der Waals surface area contributed by atoms with Gasteiger partial charge in [-0.2, -0.15) is 10.2 Å². The summed E-state index contributed by atoms with van der Waals surface area (Å²) >= 11 is 0. The molecular weight excluding hydrogens is 232 g/mol. The molecule has 2 nitrogen and oxygen atoms in total. The van der Waals surface area contributed by atoms with Crippen LogP contribution in [-0.4, -0.2) is 0 Å². The molecule has 0 saturated heterocycles. The Bertz CT molecular complexity index is 544. The zero-order valence-electron chi connectivity index (χ0n) is 11.6. The Hall–Kier alpha value is -1.96. The smallest absolute Gasteiger partial charge is 0.0891 e. The molecule has 0 unspecified atom stereocenters. The maximum Gasteiger partial charge on any atom is 0.0891 e. The Kier molecular flexibility index (Phi) is 4.85. The lowest BCUT2D eigenvalue weighted by molar-refractivity contribution is 0.794. The summed E-state index contributed by atoms with van der Waals surface area (Å²) in [6, 6.07) is 16.3. The van der Waals surface area contributed by atoms with E-state index in [4.69, 9.17) is 0 Å². The molecule has 0 N–H and O–H groups in total. The van der Waals surface area contributed by atoms with Crippen molar-refractivity contribution in [3.05, 3.63) is 59.7 Å². The highest BCUT2D eigenvalue weighted by atomic mass is 15.1. The number of hydrogen-bond acceptors (Lipinski definition) is 2. The molecule has 0 atom stereocenters. The van der Waals surface area contributed by atoms with Gasteiger partial charge in [0.2, 0.25) is 0 Å². The van der Waals surface area contributed by atoms with Crippen LogP contribution in [0.3, 0.4) is 0 Å². The highest BCUT2D eigenvalue weighted by Crippen LogP contribution is 2.25. The van der Waals surface area contributed by atoms with Crippen molar-refractivity contribution in [3.63, 3.8) is 0 Å². The van der Waals surface area contributed by atoms with Crippen LogP contribution in [0.2, 0.25) is 0 Å². The van der Waals surface area contributed by atoms with Crippen LogP contribution in [0.15, 0.2) is 58.8 Å². The van der Waals surface area contributed by atoms with Gasteiger partial charge in [0, 0.05) is 0 Å². The van der Waals surface area contributed by atoms with Gasteiger partial charge in [0.1, 0.15) is 0 Å². The van der Waals surface area contributed by atoms with Crippen molar-refractivity contribution in [2.45, 2.75) is 33.1 Å². The molecule has 0 amide bonds. The quantitative estimate of drug-likeness (QED) is 0.605. The number of aryl methyl sites for hydroxylation is 2. The lowest BCUT2D eigenvalue weighted by atomic mass is 10.0. The van der Waals surface area contributed by atoms with Gasteiger partial charge >= 0.3 is 0 Å². The minimum absolute atomic E-state index is 0.894. The van der Waals surface area contributed by atoms with Gasteiger partial charge in [0.15, 0.2) is 0 Å². The summed E-state index contributed by atoms with van der Waals surface area (Å²) in [6.45, 7) is 4.30. The van der Waals surface area contributed by atoms with Crippen molar-refractivity contribution < 1.29 is 0 Å². The van der Waals surface area contributed by atoms with Crippen LogP contribution in [0.25, 0.3) is 0 Å². The number of rotatable bonds is 5. The molecule has 0 radical (unpaired) electrons. The molecule has 0 spiro atoms. The van der Waals surface area contributed by atoms with Crippen LogP contribution in [0.1, 0.15) is 30.9 Å². The summed E-state index contributed by atoms with van der Waals surface area (Å²) in [7, 11) is 0. The molecule has 19 heavy (non-hydrogen) atoms. The van der Waals surface area contributed by atoms with E-state index in [0.717, 1.165) is 17.8 Å². The number of benzene rings is 2. The van der Waals surface area contributed by atoms with Gasteiger partial charge in [-0.15, -0.1) is 0 Å². The fraction of sp³-hybridized carbons (Fsp3) is 0.294. The molecule has 0 aliphatic carbocycles. The largest absolute Gasteiger partial charge is 0.151 e. The Balaban J connectivity index is 2.22. The third-order valence-electron chi connectivity index (χ3n) is 3.07. The van der Waals surface area contributed by atoms with E-state index in [1.807, 2.05) is 30.3 Å². The van der Waals surface area contributed by atoms with Crippen molar-refractivity contribution in [1.29, 1.82) is 0 Å². The first-order valence-electron chi connectivity index (χ1n) is 6.86. The Morgan fingerprint density at radius 2 is 1.74 bits per heavy atom. The summed E-state index contributed by atoms with van der Waals surface area (Å²) in [6.07, 6.45) is 3.46. The molecule has 2 aromatic carbocycles. The lowest BCUT2D eigenvalue weighted by Crippen LogP contribution is -1.86. The van der Waals surface area contributed by atoms with E-state index < -0.39 is 0 Å². The summed E-state index contributed by atoms with van der Waals surface area (Å²) in [5.41, 5.74) is 4.40.